The predicted molar refractivity (Wildman–Crippen MR) is 70.8 cm³/mol. The number of anilines is 1. The molecule has 2 aromatic heterocycles. The summed E-state index contributed by atoms with van der Waals surface area (Å²) in [6.45, 7) is 2.89. The van der Waals surface area contributed by atoms with Crippen molar-refractivity contribution in [3.8, 4) is 0 Å². The van der Waals surface area contributed by atoms with Crippen LogP contribution in [-0.4, -0.2) is 48.0 Å². The van der Waals surface area contributed by atoms with Crippen LogP contribution in [0.5, 0.6) is 0 Å². The summed E-state index contributed by atoms with van der Waals surface area (Å²) in [7, 11) is -2.86. The maximum absolute atomic E-state index is 11.4. The molecule has 0 saturated carbocycles. The van der Waals surface area contributed by atoms with Crippen molar-refractivity contribution in [2.45, 2.75) is 6.92 Å². The molecule has 6 nitrogen and oxygen atoms in total. The van der Waals surface area contributed by atoms with E-state index in [1.807, 2.05) is 11.8 Å². The third-order valence-electron chi connectivity index (χ3n) is 2.89. The maximum atomic E-state index is 11.4. The van der Waals surface area contributed by atoms with Crippen LogP contribution in [0.2, 0.25) is 0 Å². The molecule has 0 unspecified atom stereocenters. The SMILES string of the molecule is Cc1nc2ncc(N3CCS(=O)(=O)CC3)nc2s1. The zero-order valence-electron chi connectivity index (χ0n) is 9.83. The molecule has 0 N–H and O–H groups in total. The molecule has 0 spiro atoms. The van der Waals surface area contributed by atoms with E-state index in [0.717, 1.165) is 15.7 Å². The molecule has 0 radical (unpaired) electrons. The highest BCUT2D eigenvalue weighted by Gasteiger charge is 2.23. The number of hydrogen-bond acceptors (Lipinski definition) is 7. The summed E-state index contributed by atoms with van der Waals surface area (Å²) in [6, 6.07) is 0. The summed E-state index contributed by atoms with van der Waals surface area (Å²) >= 11 is 1.50. The summed E-state index contributed by atoms with van der Waals surface area (Å²) in [5.41, 5.74) is 0.658. The van der Waals surface area contributed by atoms with Crippen LogP contribution in [0, 0.1) is 6.92 Å². The number of aryl methyl sites for hydroxylation is 1. The van der Waals surface area contributed by atoms with E-state index in [4.69, 9.17) is 0 Å². The number of nitrogens with zero attached hydrogens (tertiary/aromatic N) is 4. The van der Waals surface area contributed by atoms with Crippen molar-refractivity contribution in [1.82, 2.24) is 15.0 Å². The molecule has 0 atom stereocenters. The highest BCUT2D eigenvalue weighted by Crippen LogP contribution is 2.21. The zero-order valence-corrected chi connectivity index (χ0v) is 11.5. The second-order valence-corrected chi connectivity index (χ2v) is 7.71. The second kappa shape index (κ2) is 4.13. The largest absolute Gasteiger partial charge is 0.353 e. The van der Waals surface area contributed by atoms with E-state index in [9.17, 15) is 8.42 Å². The van der Waals surface area contributed by atoms with Crippen molar-refractivity contribution in [3.63, 3.8) is 0 Å². The summed E-state index contributed by atoms with van der Waals surface area (Å²) in [4.78, 5) is 15.8. The lowest BCUT2D eigenvalue weighted by Crippen LogP contribution is -2.40. The minimum absolute atomic E-state index is 0.189. The number of thiazole rings is 1. The van der Waals surface area contributed by atoms with Crippen LogP contribution in [0.4, 0.5) is 5.82 Å². The molecule has 1 aliphatic rings. The molecule has 0 aliphatic carbocycles. The van der Waals surface area contributed by atoms with Gasteiger partial charge in [-0.1, -0.05) is 11.3 Å². The lowest BCUT2D eigenvalue weighted by molar-refractivity contribution is 0.586. The van der Waals surface area contributed by atoms with Gasteiger partial charge in [-0.2, -0.15) is 0 Å². The summed E-state index contributed by atoms with van der Waals surface area (Å²) in [5.74, 6) is 1.11. The average molecular weight is 284 g/mol. The van der Waals surface area contributed by atoms with Crippen LogP contribution in [0.25, 0.3) is 10.5 Å². The fraction of sp³-hybridized carbons (Fsp3) is 0.500. The van der Waals surface area contributed by atoms with Gasteiger partial charge < -0.3 is 4.90 Å². The number of aromatic nitrogens is 3. The molecule has 3 rings (SSSR count). The first-order valence-corrected chi connectivity index (χ1v) is 8.23. The Labute approximate surface area is 109 Å². The quantitative estimate of drug-likeness (QED) is 0.764. The monoisotopic (exact) mass is 284 g/mol. The van der Waals surface area contributed by atoms with E-state index >= 15 is 0 Å². The molecule has 1 saturated heterocycles. The van der Waals surface area contributed by atoms with Gasteiger partial charge in [-0.25, -0.2) is 23.4 Å². The highest BCUT2D eigenvalue weighted by molar-refractivity contribution is 7.91. The fourth-order valence-electron chi connectivity index (χ4n) is 1.91. The van der Waals surface area contributed by atoms with Gasteiger partial charge in [-0.15, -0.1) is 0 Å². The van der Waals surface area contributed by atoms with E-state index < -0.39 is 9.84 Å². The van der Waals surface area contributed by atoms with Gasteiger partial charge in [0.05, 0.1) is 22.7 Å². The van der Waals surface area contributed by atoms with E-state index in [0.29, 0.717) is 18.7 Å². The Morgan fingerprint density at radius 3 is 2.72 bits per heavy atom. The van der Waals surface area contributed by atoms with Gasteiger partial charge in [0.25, 0.3) is 0 Å². The Bertz CT molecular complexity index is 681. The molecule has 18 heavy (non-hydrogen) atoms. The molecule has 3 heterocycles. The van der Waals surface area contributed by atoms with Crippen LogP contribution >= 0.6 is 11.3 Å². The smallest absolute Gasteiger partial charge is 0.189 e. The van der Waals surface area contributed by atoms with Gasteiger partial charge in [0.15, 0.2) is 20.3 Å². The van der Waals surface area contributed by atoms with Crippen molar-refractivity contribution >= 4 is 37.5 Å². The number of fused-ring (bicyclic) bond motifs is 1. The maximum Gasteiger partial charge on any atom is 0.189 e. The Kier molecular flexibility index (Phi) is 2.70. The molecule has 0 bridgehead atoms. The Hall–Kier alpha value is -1.28. The average Bonchev–Trinajstić information content (AvgIpc) is 2.68. The molecule has 2 aromatic rings. The third kappa shape index (κ3) is 2.17. The molecule has 1 aliphatic heterocycles. The molecule has 96 valence electrons. The Balaban J connectivity index is 1.90. The fourth-order valence-corrected chi connectivity index (χ4v) is 3.85. The molecule has 1 fully saturated rings. The summed E-state index contributed by atoms with van der Waals surface area (Å²) < 4.78 is 22.7. The second-order valence-electron chi connectivity index (χ2n) is 4.23. The van der Waals surface area contributed by atoms with Crippen molar-refractivity contribution < 1.29 is 8.42 Å². The minimum atomic E-state index is -2.86. The normalized spacial score (nSPS) is 19.3. The highest BCUT2D eigenvalue weighted by atomic mass is 32.2. The lowest BCUT2D eigenvalue weighted by atomic mass is 10.5. The minimum Gasteiger partial charge on any atom is -0.353 e. The van der Waals surface area contributed by atoms with Crippen LogP contribution in [0.1, 0.15) is 5.01 Å². The third-order valence-corrected chi connectivity index (χ3v) is 5.35. The topological polar surface area (TPSA) is 76.1 Å². The van der Waals surface area contributed by atoms with Crippen LogP contribution < -0.4 is 4.90 Å². The van der Waals surface area contributed by atoms with Crippen LogP contribution in [0.3, 0.4) is 0 Å². The zero-order chi connectivity index (χ0) is 12.8. The molecule has 8 heteroatoms. The standard InChI is InChI=1S/C10H12N4O2S2/c1-7-12-9-10(17-7)13-8(6-11-9)14-2-4-18(15,16)5-3-14/h6H,2-5H2,1H3. The van der Waals surface area contributed by atoms with Crippen molar-refractivity contribution in [1.29, 1.82) is 0 Å². The lowest BCUT2D eigenvalue weighted by Gasteiger charge is -2.27. The van der Waals surface area contributed by atoms with Gasteiger partial charge >= 0.3 is 0 Å². The van der Waals surface area contributed by atoms with E-state index in [-0.39, 0.29) is 11.5 Å². The van der Waals surface area contributed by atoms with Crippen molar-refractivity contribution in [3.05, 3.63) is 11.2 Å². The summed E-state index contributed by atoms with van der Waals surface area (Å²) in [6.07, 6.45) is 1.67. The van der Waals surface area contributed by atoms with E-state index in [2.05, 4.69) is 15.0 Å². The molecular formula is C10H12N4O2S2. The van der Waals surface area contributed by atoms with Gasteiger partial charge in [0, 0.05) is 13.1 Å². The first-order chi connectivity index (χ1) is 8.53. The van der Waals surface area contributed by atoms with E-state index in [1.54, 1.807) is 6.20 Å². The van der Waals surface area contributed by atoms with Crippen molar-refractivity contribution in [2.75, 3.05) is 29.5 Å². The molecular weight excluding hydrogens is 272 g/mol. The number of sulfone groups is 1. The number of hydrogen-bond donors (Lipinski definition) is 0. The van der Waals surface area contributed by atoms with E-state index in [1.165, 1.54) is 11.3 Å². The Morgan fingerprint density at radius 2 is 2.00 bits per heavy atom. The van der Waals surface area contributed by atoms with Gasteiger partial charge in [-0.05, 0) is 6.92 Å². The Morgan fingerprint density at radius 1 is 1.28 bits per heavy atom. The predicted octanol–water partition coefficient (Wildman–Crippen LogP) is 0.630. The molecule has 0 aromatic carbocycles. The first-order valence-electron chi connectivity index (χ1n) is 5.59. The van der Waals surface area contributed by atoms with Crippen LogP contribution in [0.15, 0.2) is 6.20 Å². The molecule has 0 amide bonds. The summed E-state index contributed by atoms with van der Waals surface area (Å²) in [5, 5.41) is 0.934. The number of rotatable bonds is 1. The van der Waals surface area contributed by atoms with Gasteiger partial charge in [0.2, 0.25) is 0 Å². The first kappa shape index (κ1) is 11.8. The van der Waals surface area contributed by atoms with Crippen molar-refractivity contribution in [2.24, 2.45) is 0 Å². The van der Waals surface area contributed by atoms with Crippen LogP contribution in [-0.2, 0) is 9.84 Å². The van der Waals surface area contributed by atoms with Gasteiger partial charge in [0.1, 0.15) is 5.82 Å². The van der Waals surface area contributed by atoms with Gasteiger partial charge in [-0.3, -0.25) is 0 Å².